The standard InChI is InChI=1S/C9H9FO3/c10-7-4-2-1-3-6(7)5-8(11)9(12)13/h1-4,8,11H,5H2,(H,12,13)/t8-/m1/s1. The molecule has 2 N–H and O–H groups in total. The van der Waals surface area contributed by atoms with E-state index in [4.69, 9.17) is 10.2 Å². The molecule has 1 aromatic carbocycles. The Morgan fingerprint density at radius 2 is 2.08 bits per heavy atom. The molecule has 0 aliphatic heterocycles. The first-order valence-electron chi connectivity index (χ1n) is 3.75. The Morgan fingerprint density at radius 1 is 1.46 bits per heavy atom. The van der Waals surface area contributed by atoms with Crippen molar-refractivity contribution in [2.24, 2.45) is 0 Å². The Labute approximate surface area is 74.4 Å². The van der Waals surface area contributed by atoms with E-state index in [1.807, 2.05) is 0 Å². The van der Waals surface area contributed by atoms with Crippen LogP contribution in [0.2, 0.25) is 0 Å². The summed E-state index contributed by atoms with van der Waals surface area (Å²) in [6.07, 6.45) is -1.75. The summed E-state index contributed by atoms with van der Waals surface area (Å²) < 4.78 is 12.9. The number of aliphatic hydroxyl groups is 1. The highest BCUT2D eigenvalue weighted by atomic mass is 19.1. The lowest BCUT2D eigenvalue weighted by molar-refractivity contribution is -0.146. The molecule has 0 aliphatic rings. The summed E-state index contributed by atoms with van der Waals surface area (Å²) in [5, 5.41) is 17.3. The number of carboxylic acid groups (broad SMARTS) is 1. The minimum Gasteiger partial charge on any atom is -0.479 e. The summed E-state index contributed by atoms with van der Waals surface area (Å²) in [5.41, 5.74) is 0.206. The molecular formula is C9H9FO3. The number of halogens is 1. The molecule has 0 fully saturated rings. The van der Waals surface area contributed by atoms with Crippen molar-refractivity contribution in [1.29, 1.82) is 0 Å². The van der Waals surface area contributed by atoms with E-state index in [-0.39, 0.29) is 12.0 Å². The van der Waals surface area contributed by atoms with Gasteiger partial charge in [-0.05, 0) is 11.6 Å². The van der Waals surface area contributed by atoms with Gasteiger partial charge in [0.25, 0.3) is 0 Å². The van der Waals surface area contributed by atoms with Gasteiger partial charge in [-0.1, -0.05) is 18.2 Å². The van der Waals surface area contributed by atoms with Crippen LogP contribution in [0.15, 0.2) is 24.3 Å². The van der Waals surface area contributed by atoms with E-state index < -0.39 is 17.9 Å². The number of aliphatic hydroxyl groups excluding tert-OH is 1. The highest BCUT2D eigenvalue weighted by Gasteiger charge is 2.15. The van der Waals surface area contributed by atoms with E-state index in [1.54, 1.807) is 6.07 Å². The number of hydrogen-bond acceptors (Lipinski definition) is 2. The number of hydrogen-bond donors (Lipinski definition) is 2. The smallest absolute Gasteiger partial charge is 0.332 e. The molecule has 0 saturated carbocycles. The van der Waals surface area contributed by atoms with Crippen LogP contribution in [-0.2, 0) is 11.2 Å². The minimum atomic E-state index is -1.54. The van der Waals surface area contributed by atoms with Crippen LogP contribution in [0.5, 0.6) is 0 Å². The molecule has 0 saturated heterocycles. The molecule has 3 nitrogen and oxygen atoms in total. The lowest BCUT2D eigenvalue weighted by Gasteiger charge is -2.05. The predicted molar refractivity (Wildman–Crippen MR) is 43.7 cm³/mol. The maximum atomic E-state index is 12.9. The van der Waals surface area contributed by atoms with Crippen LogP contribution in [0.1, 0.15) is 5.56 Å². The fourth-order valence-corrected chi connectivity index (χ4v) is 0.960. The highest BCUT2D eigenvalue weighted by Crippen LogP contribution is 2.08. The summed E-state index contributed by atoms with van der Waals surface area (Å²) in [7, 11) is 0. The van der Waals surface area contributed by atoms with E-state index >= 15 is 0 Å². The molecule has 0 heterocycles. The Hall–Kier alpha value is -1.42. The molecule has 0 bridgehead atoms. The average Bonchev–Trinajstić information content (AvgIpc) is 2.08. The van der Waals surface area contributed by atoms with Crippen LogP contribution >= 0.6 is 0 Å². The Balaban J connectivity index is 2.74. The zero-order chi connectivity index (χ0) is 9.84. The molecule has 0 unspecified atom stereocenters. The molecule has 1 atom stereocenters. The maximum Gasteiger partial charge on any atom is 0.332 e. The number of carbonyl (C=O) groups is 1. The molecule has 0 aliphatic carbocycles. The molecular weight excluding hydrogens is 175 g/mol. The number of rotatable bonds is 3. The van der Waals surface area contributed by atoms with E-state index in [0.717, 1.165) is 0 Å². The SMILES string of the molecule is O=C(O)[C@H](O)Cc1ccccc1F. The van der Waals surface area contributed by atoms with Crippen molar-refractivity contribution in [3.8, 4) is 0 Å². The zero-order valence-electron chi connectivity index (χ0n) is 6.77. The monoisotopic (exact) mass is 184 g/mol. The van der Waals surface area contributed by atoms with Crippen molar-refractivity contribution in [1.82, 2.24) is 0 Å². The van der Waals surface area contributed by atoms with Crippen molar-refractivity contribution in [2.45, 2.75) is 12.5 Å². The summed E-state index contributed by atoms with van der Waals surface area (Å²) in [5.74, 6) is -1.84. The van der Waals surface area contributed by atoms with Crippen LogP contribution in [0.25, 0.3) is 0 Å². The van der Waals surface area contributed by atoms with Crippen molar-refractivity contribution in [3.63, 3.8) is 0 Å². The van der Waals surface area contributed by atoms with Crippen molar-refractivity contribution in [2.75, 3.05) is 0 Å². The number of benzene rings is 1. The quantitative estimate of drug-likeness (QED) is 0.730. The highest BCUT2D eigenvalue weighted by molar-refractivity contribution is 5.72. The molecule has 4 heteroatoms. The maximum absolute atomic E-state index is 12.9. The molecule has 0 aromatic heterocycles. The normalized spacial score (nSPS) is 12.5. The predicted octanol–water partition coefficient (Wildman–Crippen LogP) is 0.814. The van der Waals surface area contributed by atoms with Gasteiger partial charge in [0, 0.05) is 6.42 Å². The molecule has 1 rings (SSSR count). The van der Waals surface area contributed by atoms with Crippen LogP contribution < -0.4 is 0 Å². The fraction of sp³-hybridized carbons (Fsp3) is 0.222. The van der Waals surface area contributed by atoms with Crippen LogP contribution in [0, 0.1) is 5.82 Å². The van der Waals surface area contributed by atoms with Crippen LogP contribution in [0.4, 0.5) is 4.39 Å². The molecule has 13 heavy (non-hydrogen) atoms. The van der Waals surface area contributed by atoms with Gasteiger partial charge in [-0.3, -0.25) is 0 Å². The summed E-state index contributed by atoms with van der Waals surface area (Å²) in [6.45, 7) is 0. The Bertz CT molecular complexity index is 311. The Kier molecular flexibility index (Phi) is 2.97. The second-order valence-corrected chi connectivity index (χ2v) is 2.65. The number of aliphatic carboxylic acids is 1. The average molecular weight is 184 g/mol. The first-order chi connectivity index (χ1) is 6.11. The van der Waals surface area contributed by atoms with Gasteiger partial charge in [-0.2, -0.15) is 0 Å². The Morgan fingerprint density at radius 3 is 2.62 bits per heavy atom. The van der Waals surface area contributed by atoms with Gasteiger partial charge in [-0.15, -0.1) is 0 Å². The second-order valence-electron chi connectivity index (χ2n) is 2.65. The van der Waals surface area contributed by atoms with Gasteiger partial charge in [-0.25, -0.2) is 9.18 Å². The molecule has 0 radical (unpaired) electrons. The van der Waals surface area contributed by atoms with Gasteiger partial charge in [0.15, 0.2) is 6.10 Å². The van der Waals surface area contributed by atoms with E-state index in [0.29, 0.717) is 0 Å². The summed E-state index contributed by atoms with van der Waals surface area (Å²) >= 11 is 0. The summed E-state index contributed by atoms with van der Waals surface area (Å²) in [4.78, 5) is 10.2. The zero-order valence-corrected chi connectivity index (χ0v) is 6.77. The fourth-order valence-electron chi connectivity index (χ4n) is 0.960. The second kappa shape index (κ2) is 4.00. The number of carboxylic acids is 1. The third-order valence-corrected chi connectivity index (χ3v) is 1.66. The lowest BCUT2D eigenvalue weighted by atomic mass is 10.1. The summed E-state index contributed by atoms with van der Waals surface area (Å²) in [6, 6.07) is 5.77. The van der Waals surface area contributed by atoms with E-state index in [2.05, 4.69) is 0 Å². The van der Waals surface area contributed by atoms with Gasteiger partial charge < -0.3 is 10.2 Å². The topological polar surface area (TPSA) is 57.5 Å². The van der Waals surface area contributed by atoms with Gasteiger partial charge in [0.1, 0.15) is 5.82 Å². The first-order valence-corrected chi connectivity index (χ1v) is 3.75. The van der Waals surface area contributed by atoms with Crippen LogP contribution in [0.3, 0.4) is 0 Å². The molecule has 0 spiro atoms. The van der Waals surface area contributed by atoms with Crippen LogP contribution in [-0.4, -0.2) is 22.3 Å². The molecule has 0 amide bonds. The van der Waals surface area contributed by atoms with Gasteiger partial charge in [0.2, 0.25) is 0 Å². The van der Waals surface area contributed by atoms with E-state index in [9.17, 15) is 9.18 Å². The van der Waals surface area contributed by atoms with Crippen molar-refractivity contribution in [3.05, 3.63) is 35.6 Å². The third-order valence-electron chi connectivity index (χ3n) is 1.66. The minimum absolute atomic E-state index is 0.206. The largest absolute Gasteiger partial charge is 0.479 e. The lowest BCUT2D eigenvalue weighted by Crippen LogP contribution is -2.22. The van der Waals surface area contributed by atoms with Crippen molar-refractivity contribution < 1.29 is 19.4 Å². The van der Waals surface area contributed by atoms with Crippen molar-refractivity contribution >= 4 is 5.97 Å². The van der Waals surface area contributed by atoms with Gasteiger partial charge in [0.05, 0.1) is 0 Å². The van der Waals surface area contributed by atoms with Gasteiger partial charge >= 0.3 is 5.97 Å². The first kappa shape index (κ1) is 9.67. The third kappa shape index (κ3) is 2.52. The molecule has 70 valence electrons. The van der Waals surface area contributed by atoms with E-state index in [1.165, 1.54) is 18.2 Å². The molecule has 1 aromatic rings.